The maximum atomic E-state index is 13.6. The number of halogens is 1. The summed E-state index contributed by atoms with van der Waals surface area (Å²) in [6.07, 6.45) is 5.62. The number of hydrogen-bond donors (Lipinski definition) is 1. The first kappa shape index (κ1) is 16.1. The van der Waals surface area contributed by atoms with Crippen molar-refractivity contribution in [1.29, 1.82) is 0 Å². The van der Waals surface area contributed by atoms with Gasteiger partial charge in [0.2, 0.25) is 5.91 Å². The molecule has 2 aromatic rings. The van der Waals surface area contributed by atoms with E-state index in [1.807, 2.05) is 11.6 Å². The third-order valence-corrected chi connectivity index (χ3v) is 5.00. The number of carbonyl (C=O) groups is 1. The molecule has 0 saturated carbocycles. The maximum Gasteiger partial charge on any atom is 0.225 e. The number of para-hydroxylation sites is 1. The Balaban J connectivity index is 1.56. The van der Waals surface area contributed by atoms with Crippen LogP contribution in [0.15, 0.2) is 35.8 Å². The Morgan fingerprint density at radius 2 is 2.26 bits per heavy atom. The standard InChI is InChI=1S/C17H20FN3OS/c18-13-5-1-2-6-14(13)20-16(22)8-11-21-10-4-3-7-15(21)17-19-9-12-23-17/h1-2,5-6,9,12,15H,3-4,7-8,10-11H2,(H,20,22). The minimum Gasteiger partial charge on any atom is -0.324 e. The number of thiazole rings is 1. The summed E-state index contributed by atoms with van der Waals surface area (Å²) in [6.45, 7) is 1.65. The van der Waals surface area contributed by atoms with Crippen LogP contribution in [0, 0.1) is 5.82 Å². The van der Waals surface area contributed by atoms with Crippen molar-refractivity contribution in [1.82, 2.24) is 9.88 Å². The Labute approximate surface area is 139 Å². The molecule has 1 unspecified atom stereocenters. The third kappa shape index (κ3) is 4.14. The number of anilines is 1. The first-order valence-corrected chi connectivity index (χ1v) is 8.80. The Hall–Kier alpha value is -1.79. The van der Waals surface area contributed by atoms with Gasteiger partial charge in [0.25, 0.3) is 0 Å². The minimum absolute atomic E-state index is 0.154. The Morgan fingerprint density at radius 3 is 3.04 bits per heavy atom. The highest BCUT2D eigenvalue weighted by atomic mass is 32.1. The number of carbonyl (C=O) groups excluding carboxylic acids is 1. The predicted octanol–water partition coefficient (Wildman–Crippen LogP) is 3.84. The van der Waals surface area contributed by atoms with Crippen molar-refractivity contribution >= 4 is 22.9 Å². The molecular weight excluding hydrogens is 313 g/mol. The molecule has 1 fully saturated rings. The molecule has 6 heteroatoms. The Bertz CT molecular complexity index is 647. The van der Waals surface area contributed by atoms with Crippen molar-refractivity contribution in [2.75, 3.05) is 18.4 Å². The van der Waals surface area contributed by atoms with Crippen LogP contribution in [-0.2, 0) is 4.79 Å². The fourth-order valence-corrected chi connectivity index (χ4v) is 3.76. The third-order valence-electron chi connectivity index (χ3n) is 4.12. The average Bonchev–Trinajstić information content (AvgIpc) is 3.10. The van der Waals surface area contributed by atoms with Crippen molar-refractivity contribution in [2.45, 2.75) is 31.7 Å². The van der Waals surface area contributed by atoms with Gasteiger partial charge < -0.3 is 5.32 Å². The smallest absolute Gasteiger partial charge is 0.225 e. The van der Waals surface area contributed by atoms with E-state index in [1.165, 1.54) is 12.5 Å². The van der Waals surface area contributed by atoms with Crippen molar-refractivity contribution in [3.63, 3.8) is 0 Å². The van der Waals surface area contributed by atoms with Gasteiger partial charge in [0.15, 0.2) is 0 Å². The molecule has 1 aromatic heterocycles. The van der Waals surface area contributed by atoms with Crippen LogP contribution < -0.4 is 5.32 Å². The largest absolute Gasteiger partial charge is 0.324 e. The number of likely N-dealkylation sites (tertiary alicyclic amines) is 1. The van der Waals surface area contributed by atoms with Crippen molar-refractivity contribution in [2.24, 2.45) is 0 Å². The summed E-state index contributed by atoms with van der Waals surface area (Å²) in [4.78, 5) is 18.8. The molecular formula is C17H20FN3OS. The van der Waals surface area contributed by atoms with Crippen LogP contribution in [0.3, 0.4) is 0 Å². The summed E-state index contributed by atoms with van der Waals surface area (Å²) >= 11 is 1.67. The lowest BCUT2D eigenvalue weighted by Crippen LogP contribution is -2.35. The number of rotatable bonds is 5. The highest BCUT2D eigenvalue weighted by molar-refractivity contribution is 7.09. The average molecular weight is 333 g/mol. The van der Waals surface area contributed by atoms with Crippen LogP contribution in [0.2, 0.25) is 0 Å². The molecule has 1 aliphatic heterocycles. The number of nitrogens with one attached hydrogen (secondary N) is 1. The van der Waals surface area contributed by atoms with Gasteiger partial charge in [-0.2, -0.15) is 0 Å². The highest BCUT2D eigenvalue weighted by Gasteiger charge is 2.26. The van der Waals surface area contributed by atoms with E-state index in [9.17, 15) is 9.18 Å². The molecule has 1 amide bonds. The zero-order valence-corrected chi connectivity index (χ0v) is 13.7. The summed E-state index contributed by atoms with van der Waals surface area (Å²) in [5.41, 5.74) is 0.243. The van der Waals surface area contributed by atoms with Gasteiger partial charge >= 0.3 is 0 Å². The van der Waals surface area contributed by atoms with E-state index < -0.39 is 5.82 Å². The summed E-state index contributed by atoms with van der Waals surface area (Å²) in [7, 11) is 0. The summed E-state index contributed by atoms with van der Waals surface area (Å²) in [5.74, 6) is -0.557. The number of amides is 1. The second-order valence-electron chi connectivity index (χ2n) is 5.70. The van der Waals surface area contributed by atoms with Crippen LogP contribution >= 0.6 is 11.3 Å². The lowest BCUT2D eigenvalue weighted by Gasteiger charge is -2.34. The lowest BCUT2D eigenvalue weighted by atomic mass is 10.0. The van der Waals surface area contributed by atoms with E-state index in [2.05, 4.69) is 15.2 Å². The Morgan fingerprint density at radius 1 is 1.39 bits per heavy atom. The first-order chi connectivity index (χ1) is 11.2. The van der Waals surface area contributed by atoms with Crippen LogP contribution in [-0.4, -0.2) is 28.9 Å². The molecule has 1 atom stereocenters. The molecule has 0 spiro atoms. The summed E-state index contributed by atoms with van der Waals surface area (Å²) < 4.78 is 13.6. The molecule has 2 heterocycles. The molecule has 0 radical (unpaired) electrons. The molecule has 4 nitrogen and oxygen atoms in total. The van der Waals surface area contributed by atoms with Gasteiger partial charge in [-0.25, -0.2) is 9.37 Å². The number of aromatic nitrogens is 1. The number of nitrogens with zero attached hydrogens (tertiary/aromatic N) is 2. The molecule has 3 rings (SSSR count). The fourth-order valence-electron chi connectivity index (χ4n) is 2.96. The number of hydrogen-bond acceptors (Lipinski definition) is 4. The fraction of sp³-hybridized carbons (Fsp3) is 0.412. The minimum atomic E-state index is -0.403. The molecule has 23 heavy (non-hydrogen) atoms. The van der Waals surface area contributed by atoms with Gasteiger partial charge in [0.05, 0.1) is 11.7 Å². The van der Waals surface area contributed by atoms with Gasteiger partial charge in [0, 0.05) is 24.5 Å². The van der Waals surface area contributed by atoms with E-state index in [0.29, 0.717) is 19.0 Å². The maximum absolute atomic E-state index is 13.6. The SMILES string of the molecule is O=C(CCN1CCCCC1c1nccs1)Nc1ccccc1F. The first-order valence-electron chi connectivity index (χ1n) is 7.92. The normalized spacial score (nSPS) is 18.7. The van der Waals surface area contributed by atoms with Crippen LogP contribution in [0.25, 0.3) is 0 Å². The van der Waals surface area contributed by atoms with Crippen molar-refractivity contribution in [3.05, 3.63) is 46.7 Å². The molecule has 0 aliphatic carbocycles. The van der Waals surface area contributed by atoms with Crippen molar-refractivity contribution < 1.29 is 9.18 Å². The lowest BCUT2D eigenvalue weighted by molar-refractivity contribution is -0.116. The van der Waals surface area contributed by atoms with Gasteiger partial charge in [-0.15, -0.1) is 11.3 Å². The molecule has 0 bridgehead atoms. The van der Waals surface area contributed by atoms with Crippen LogP contribution in [0.4, 0.5) is 10.1 Å². The predicted molar refractivity (Wildman–Crippen MR) is 89.9 cm³/mol. The van der Waals surface area contributed by atoms with E-state index in [0.717, 1.165) is 24.4 Å². The number of benzene rings is 1. The van der Waals surface area contributed by atoms with E-state index in [4.69, 9.17) is 0 Å². The molecule has 122 valence electrons. The monoisotopic (exact) mass is 333 g/mol. The highest BCUT2D eigenvalue weighted by Crippen LogP contribution is 2.31. The second-order valence-corrected chi connectivity index (χ2v) is 6.62. The zero-order valence-electron chi connectivity index (χ0n) is 12.9. The van der Waals surface area contributed by atoms with Crippen LogP contribution in [0.1, 0.15) is 36.7 Å². The van der Waals surface area contributed by atoms with Gasteiger partial charge in [0.1, 0.15) is 10.8 Å². The summed E-state index contributed by atoms with van der Waals surface area (Å²) in [6, 6.07) is 6.55. The molecule has 1 saturated heterocycles. The van der Waals surface area contributed by atoms with E-state index in [-0.39, 0.29) is 11.6 Å². The topological polar surface area (TPSA) is 45.2 Å². The van der Waals surface area contributed by atoms with E-state index in [1.54, 1.807) is 29.5 Å². The van der Waals surface area contributed by atoms with Gasteiger partial charge in [-0.1, -0.05) is 18.6 Å². The summed E-state index contributed by atoms with van der Waals surface area (Å²) in [5, 5.41) is 5.76. The molecule has 1 N–H and O–H groups in total. The van der Waals surface area contributed by atoms with Gasteiger partial charge in [-0.05, 0) is 31.5 Å². The second kappa shape index (κ2) is 7.66. The number of piperidine rings is 1. The molecule has 1 aliphatic rings. The molecule has 1 aromatic carbocycles. The quantitative estimate of drug-likeness (QED) is 0.904. The van der Waals surface area contributed by atoms with E-state index >= 15 is 0 Å². The van der Waals surface area contributed by atoms with Crippen molar-refractivity contribution in [3.8, 4) is 0 Å². The Kier molecular flexibility index (Phi) is 5.35. The zero-order chi connectivity index (χ0) is 16.1. The van der Waals surface area contributed by atoms with Crippen LogP contribution in [0.5, 0.6) is 0 Å². The van der Waals surface area contributed by atoms with Gasteiger partial charge in [-0.3, -0.25) is 9.69 Å².